The molecule has 0 aliphatic carbocycles. The van der Waals surface area contributed by atoms with Crippen molar-refractivity contribution in [3.8, 4) is 0 Å². The van der Waals surface area contributed by atoms with Gasteiger partial charge >= 0.3 is 0 Å². The zero-order valence-electron chi connectivity index (χ0n) is 10.1. The molecule has 0 aliphatic rings. The monoisotopic (exact) mass is 371 g/mol. The molecule has 104 valence electrons. The minimum Gasteiger partial charge on any atom is -0.341 e. The van der Waals surface area contributed by atoms with E-state index < -0.39 is 10.0 Å². The van der Waals surface area contributed by atoms with Gasteiger partial charge in [0.1, 0.15) is 10.0 Å². The summed E-state index contributed by atoms with van der Waals surface area (Å²) >= 11 is 4.39. The summed E-state index contributed by atoms with van der Waals surface area (Å²) in [4.78, 5) is 7.41. The average molecular weight is 372 g/mol. The Bertz CT molecular complexity index is 821. The Morgan fingerprint density at radius 3 is 2.80 bits per heavy atom. The molecule has 1 aromatic carbocycles. The third-order valence-corrected chi connectivity index (χ3v) is 6.77. The quantitative estimate of drug-likeness (QED) is 0.740. The van der Waals surface area contributed by atoms with E-state index in [0.717, 1.165) is 11.0 Å². The van der Waals surface area contributed by atoms with Gasteiger partial charge in [-0.05, 0) is 39.5 Å². The number of sulfonamides is 1. The van der Waals surface area contributed by atoms with E-state index in [2.05, 4.69) is 30.6 Å². The Kier molecular flexibility index (Phi) is 3.63. The highest BCUT2D eigenvalue weighted by molar-refractivity contribution is 9.10. The number of nitrogens with one attached hydrogen (secondary N) is 2. The smallest absolute Gasteiger partial charge is 0.251 e. The first kappa shape index (κ1) is 13.7. The van der Waals surface area contributed by atoms with Crippen molar-refractivity contribution in [2.24, 2.45) is 0 Å². The van der Waals surface area contributed by atoms with E-state index in [1.807, 2.05) is 24.3 Å². The number of hydrogen-bond acceptors (Lipinski definition) is 4. The summed E-state index contributed by atoms with van der Waals surface area (Å²) in [7, 11) is -3.52. The Morgan fingerprint density at radius 1 is 1.30 bits per heavy atom. The van der Waals surface area contributed by atoms with Crippen LogP contribution in [0.2, 0.25) is 0 Å². The fourth-order valence-electron chi connectivity index (χ4n) is 1.79. The summed E-state index contributed by atoms with van der Waals surface area (Å²) in [6, 6.07) is 9.27. The van der Waals surface area contributed by atoms with Crippen molar-refractivity contribution in [1.29, 1.82) is 0 Å². The number of rotatable bonds is 4. The van der Waals surface area contributed by atoms with E-state index in [4.69, 9.17) is 0 Å². The predicted octanol–water partition coefficient (Wildman–Crippen LogP) is 2.87. The lowest BCUT2D eigenvalue weighted by Gasteiger charge is -2.03. The second kappa shape index (κ2) is 5.28. The Balaban J connectivity index is 1.81. The van der Waals surface area contributed by atoms with Gasteiger partial charge in [0.15, 0.2) is 0 Å². The third-order valence-electron chi connectivity index (χ3n) is 2.70. The highest BCUT2D eigenvalue weighted by Crippen LogP contribution is 2.27. The number of fused-ring (bicyclic) bond motifs is 1. The molecule has 3 aromatic rings. The van der Waals surface area contributed by atoms with Gasteiger partial charge in [0.05, 0.1) is 17.6 Å². The first-order chi connectivity index (χ1) is 9.56. The molecule has 2 heterocycles. The SMILES string of the molecule is O=S(=O)(NCc1nc2ccccc2[nH]1)c1sccc1Br. The molecule has 3 rings (SSSR count). The normalized spacial score (nSPS) is 12.1. The van der Waals surface area contributed by atoms with E-state index in [-0.39, 0.29) is 10.8 Å². The highest BCUT2D eigenvalue weighted by Gasteiger charge is 2.19. The predicted molar refractivity (Wildman–Crippen MR) is 82.1 cm³/mol. The molecule has 0 unspecified atom stereocenters. The van der Waals surface area contributed by atoms with Crippen LogP contribution < -0.4 is 4.72 Å². The van der Waals surface area contributed by atoms with Crippen LogP contribution in [0.25, 0.3) is 11.0 Å². The molecule has 2 N–H and O–H groups in total. The maximum absolute atomic E-state index is 12.1. The van der Waals surface area contributed by atoms with E-state index in [9.17, 15) is 8.42 Å². The molecular weight excluding hydrogens is 362 g/mol. The number of halogens is 1. The van der Waals surface area contributed by atoms with Crippen LogP contribution in [0.1, 0.15) is 5.82 Å². The Morgan fingerprint density at radius 2 is 2.10 bits per heavy atom. The van der Waals surface area contributed by atoms with Crippen LogP contribution >= 0.6 is 27.3 Å². The number of nitrogens with zero attached hydrogens (tertiary/aromatic N) is 1. The molecule has 0 aliphatic heterocycles. The minimum atomic E-state index is -3.52. The van der Waals surface area contributed by atoms with Gasteiger partial charge in [0.2, 0.25) is 0 Å². The van der Waals surface area contributed by atoms with Crippen LogP contribution in [0.5, 0.6) is 0 Å². The minimum absolute atomic E-state index is 0.126. The molecule has 8 heteroatoms. The first-order valence-electron chi connectivity index (χ1n) is 5.72. The fraction of sp³-hybridized carbons (Fsp3) is 0.0833. The van der Waals surface area contributed by atoms with Crippen LogP contribution in [0.15, 0.2) is 44.4 Å². The molecule has 0 atom stereocenters. The number of imidazole rings is 1. The highest BCUT2D eigenvalue weighted by atomic mass is 79.9. The number of benzene rings is 1. The van der Waals surface area contributed by atoms with Crippen LogP contribution in [-0.4, -0.2) is 18.4 Å². The Hall–Kier alpha value is -1.22. The van der Waals surface area contributed by atoms with Gasteiger partial charge in [-0.15, -0.1) is 11.3 Å². The second-order valence-electron chi connectivity index (χ2n) is 4.08. The summed E-state index contributed by atoms with van der Waals surface area (Å²) in [6.07, 6.45) is 0. The fourth-order valence-corrected chi connectivity index (χ4v) is 5.16. The number of hydrogen-bond donors (Lipinski definition) is 2. The largest absolute Gasteiger partial charge is 0.341 e. The van der Waals surface area contributed by atoms with Crippen molar-refractivity contribution in [3.05, 3.63) is 46.0 Å². The van der Waals surface area contributed by atoms with Crippen molar-refractivity contribution in [2.75, 3.05) is 0 Å². The molecule has 0 spiro atoms. The summed E-state index contributed by atoms with van der Waals surface area (Å²) in [5.74, 6) is 0.586. The zero-order valence-corrected chi connectivity index (χ0v) is 13.3. The summed E-state index contributed by atoms with van der Waals surface area (Å²) in [6.45, 7) is 0.126. The molecular formula is C12H10BrN3O2S2. The van der Waals surface area contributed by atoms with Crippen LogP contribution in [0.3, 0.4) is 0 Å². The molecule has 0 radical (unpaired) electrons. The maximum Gasteiger partial charge on any atom is 0.251 e. The third kappa shape index (κ3) is 2.64. The van der Waals surface area contributed by atoms with Crippen molar-refractivity contribution >= 4 is 48.3 Å². The lowest BCUT2D eigenvalue weighted by Crippen LogP contribution is -2.23. The maximum atomic E-state index is 12.1. The number of para-hydroxylation sites is 2. The number of aromatic amines is 1. The second-order valence-corrected chi connectivity index (χ2v) is 7.81. The lowest BCUT2D eigenvalue weighted by atomic mass is 10.3. The van der Waals surface area contributed by atoms with Gasteiger partial charge in [-0.3, -0.25) is 0 Å². The van der Waals surface area contributed by atoms with Gasteiger partial charge in [0.25, 0.3) is 10.0 Å². The molecule has 5 nitrogen and oxygen atoms in total. The molecule has 0 fully saturated rings. The van der Waals surface area contributed by atoms with E-state index in [1.54, 1.807) is 11.4 Å². The van der Waals surface area contributed by atoms with Crippen molar-refractivity contribution in [2.45, 2.75) is 10.8 Å². The van der Waals surface area contributed by atoms with E-state index >= 15 is 0 Å². The first-order valence-corrected chi connectivity index (χ1v) is 8.88. The topological polar surface area (TPSA) is 74.8 Å². The molecule has 0 saturated heterocycles. The summed E-state index contributed by atoms with van der Waals surface area (Å²) in [5.41, 5.74) is 1.71. The van der Waals surface area contributed by atoms with Crippen molar-refractivity contribution in [3.63, 3.8) is 0 Å². The Labute approximate surface area is 128 Å². The number of H-pyrrole nitrogens is 1. The van der Waals surface area contributed by atoms with Crippen molar-refractivity contribution < 1.29 is 8.42 Å². The van der Waals surface area contributed by atoms with Crippen LogP contribution in [0.4, 0.5) is 0 Å². The molecule has 0 amide bonds. The molecule has 20 heavy (non-hydrogen) atoms. The van der Waals surface area contributed by atoms with Crippen LogP contribution in [-0.2, 0) is 16.6 Å². The van der Waals surface area contributed by atoms with E-state index in [1.165, 1.54) is 11.3 Å². The molecule has 0 bridgehead atoms. The average Bonchev–Trinajstić information content (AvgIpc) is 3.02. The number of aromatic nitrogens is 2. The van der Waals surface area contributed by atoms with Crippen LogP contribution in [0, 0.1) is 0 Å². The van der Waals surface area contributed by atoms with Crippen molar-refractivity contribution in [1.82, 2.24) is 14.7 Å². The molecule has 2 aromatic heterocycles. The van der Waals surface area contributed by atoms with Gasteiger partial charge in [0, 0.05) is 4.47 Å². The summed E-state index contributed by atoms with van der Waals surface area (Å²) < 4.78 is 27.6. The zero-order chi connectivity index (χ0) is 14.2. The van der Waals surface area contributed by atoms with Gasteiger partial charge < -0.3 is 4.98 Å². The van der Waals surface area contributed by atoms with E-state index in [0.29, 0.717) is 10.3 Å². The lowest BCUT2D eigenvalue weighted by molar-refractivity contribution is 0.581. The number of thiophene rings is 1. The van der Waals surface area contributed by atoms with Gasteiger partial charge in [-0.25, -0.2) is 18.1 Å². The standard InChI is InChI=1S/C12H10BrN3O2S2/c13-8-5-6-19-12(8)20(17,18)14-7-11-15-9-3-1-2-4-10(9)16-11/h1-6,14H,7H2,(H,15,16). The van der Waals surface area contributed by atoms with Gasteiger partial charge in [-0.1, -0.05) is 12.1 Å². The van der Waals surface area contributed by atoms with Gasteiger partial charge in [-0.2, -0.15) is 0 Å². The molecule has 0 saturated carbocycles. The summed E-state index contributed by atoms with van der Waals surface area (Å²) in [5, 5.41) is 1.72.